The fourth-order valence-electron chi connectivity index (χ4n) is 4.86. The molecule has 0 aromatic heterocycles. The molecule has 0 rings (SSSR count). The van der Waals surface area contributed by atoms with Gasteiger partial charge in [0, 0.05) is 19.4 Å². The van der Waals surface area contributed by atoms with Gasteiger partial charge in [-0.25, -0.2) is 4.57 Å². The van der Waals surface area contributed by atoms with Crippen molar-refractivity contribution in [2.45, 2.75) is 154 Å². The summed E-state index contributed by atoms with van der Waals surface area (Å²) in [4.78, 5) is 42.7. The Morgan fingerprint density at radius 2 is 1.04 bits per heavy atom. The fraction of sp³-hybridized carbons (Fsp3) is 0.659. The van der Waals surface area contributed by atoms with Crippen molar-refractivity contribution in [3.8, 4) is 0 Å². The SMILES string of the molecule is CCCCCC/C=C\C=C/CCCCCCCC(=O)O[C@H](COC(=O)CCC/C=C\C/C=C\C/C=C\C/C=C\CCCCCO)COP(=O)(O)O. The number of rotatable bonds is 35. The molecule has 292 valence electrons. The van der Waals surface area contributed by atoms with Crippen LogP contribution in [0.2, 0.25) is 0 Å². The Hall–Kier alpha value is -2.55. The maximum atomic E-state index is 12.4. The Morgan fingerprint density at radius 3 is 1.61 bits per heavy atom. The lowest BCUT2D eigenvalue weighted by molar-refractivity contribution is -0.161. The monoisotopic (exact) mass is 736 g/mol. The Morgan fingerprint density at radius 1 is 0.569 bits per heavy atom. The number of allylic oxidation sites excluding steroid dienone is 12. The predicted octanol–water partition coefficient (Wildman–Crippen LogP) is 10.5. The Kier molecular flexibility index (Phi) is 35.4. The standard InChI is InChI=1S/C41H69O9P/c1-2-3-4-5-6-7-8-9-13-17-20-23-26-29-32-35-41(44)50-39(38-49-51(45,46)47)37-48-40(43)34-31-28-25-22-19-16-14-11-10-12-15-18-21-24-27-30-33-36-42/h7-10,12-14,16,18,21-22,25,39,42H,2-6,11,15,17,19-20,23-24,26-38H2,1H3,(H2,45,46,47)/b8-7-,12-10-,13-9-,16-14-,21-18-,25-22-/t39-/m1/s1. The van der Waals surface area contributed by atoms with Crippen LogP contribution in [0.5, 0.6) is 0 Å². The number of phosphoric acid groups is 1. The topological polar surface area (TPSA) is 140 Å². The minimum Gasteiger partial charge on any atom is -0.462 e. The molecule has 0 unspecified atom stereocenters. The molecule has 0 aliphatic heterocycles. The van der Waals surface area contributed by atoms with Crippen molar-refractivity contribution in [1.29, 1.82) is 0 Å². The van der Waals surface area contributed by atoms with E-state index in [0.717, 1.165) is 83.5 Å². The van der Waals surface area contributed by atoms with Gasteiger partial charge in [-0.05, 0) is 83.5 Å². The first-order valence-electron chi connectivity index (χ1n) is 19.4. The van der Waals surface area contributed by atoms with Crippen LogP contribution in [0.3, 0.4) is 0 Å². The van der Waals surface area contributed by atoms with Gasteiger partial charge in [0.2, 0.25) is 0 Å². The largest absolute Gasteiger partial charge is 0.469 e. The second-order valence-corrected chi connectivity index (χ2v) is 13.9. The van der Waals surface area contributed by atoms with Gasteiger partial charge in [0.05, 0.1) is 6.61 Å². The normalized spacial score (nSPS) is 13.3. The summed E-state index contributed by atoms with van der Waals surface area (Å²) in [5, 5.41) is 8.77. The van der Waals surface area contributed by atoms with Crippen LogP contribution in [0, 0.1) is 0 Å². The molecule has 0 heterocycles. The molecule has 1 atom stereocenters. The van der Waals surface area contributed by atoms with Crippen molar-refractivity contribution in [2.75, 3.05) is 19.8 Å². The Balaban J connectivity index is 4.10. The van der Waals surface area contributed by atoms with Gasteiger partial charge in [0.25, 0.3) is 0 Å². The van der Waals surface area contributed by atoms with Crippen LogP contribution in [-0.4, -0.2) is 52.8 Å². The third-order valence-electron chi connectivity index (χ3n) is 7.78. The van der Waals surface area contributed by atoms with Gasteiger partial charge in [-0.1, -0.05) is 125 Å². The van der Waals surface area contributed by atoms with Gasteiger partial charge in [-0.15, -0.1) is 0 Å². The van der Waals surface area contributed by atoms with Gasteiger partial charge in [0.1, 0.15) is 6.61 Å². The molecule has 0 saturated heterocycles. The molecular formula is C41H69O9P. The molecule has 51 heavy (non-hydrogen) atoms. The van der Waals surface area contributed by atoms with Crippen LogP contribution >= 0.6 is 7.82 Å². The van der Waals surface area contributed by atoms with E-state index in [2.05, 4.69) is 72.2 Å². The zero-order valence-electron chi connectivity index (χ0n) is 31.4. The summed E-state index contributed by atoms with van der Waals surface area (Å²) in [6, 6.07) is 0. The van der Waals surface area contributed by atoms with Crippen molar-refractivity contribution in [1.82, 2.24) is 0 Å². The molecule has 3 N–H and O–H groups in total. The summed E-state index contributed by atoms with van der Waals surface area (Å²) < 4.78 is 26.2. The number of aliphatic hydroxyl groups is 1. The number of esters is 2. The first-order valence-corrected chi connectivity index (χ1v) is 20.9. The van der Waals surface area contributed by atoms with E-state index in [0.29, 0.717) is 19.3 Å². The molecule has 0 spiro atoms. The molecule has 0 aromatic carbocycles. The van der Waals surface area contributed by atoms with Crippen LogP contribution in [0.1, 0.15) is 148 Å². The van der Waals surface area contributed by atoms with Crippen LogP contribution in [0.15, 0.2) is 72.9 Å². The van der Waals surface area contributed by atoms with Gasteiger partial charge in [-0.2, -0.15) is 0 Å². The number of unbranched alkanes of at least 4 members (excludes halogenated alkanes) is 13. The van der Waals surface area contributed by atoms with E-state index in [1.165, 1.54) is 25.7 Å². The van der Waals surface area contributed by atoms with Crippen molar-refractivity contribution in [3.05, 3.63) is 72.9 Å². The second kappa shape index (κ2) is 37.2. The average molecular weight is 737 g/mol. The molecule has 0 fully saturated rings. The molecule has 0 aromatic rings. The molecule has 0 aliphatic rings. The van der Waals surface area contributed by atoms with Gasteiger partial charge in [-0.3, -0.25) is 14.1 Å². The lowest BCUT2D eigenvalue weighted by Gasteiger charge is -2.18. The smallest absolute Gasteiger partial charge is 0.462 e. The van der Waals surface area contributed by atoms with Crippen molar-refractivity contribution in [3.63, 3.8) is 0 Å². The lowest BCUT2D eigenvalue weighted by Crippen LogP contribution is -2.29. The highest BCUT2D eigenvalue weighted by molar-refractivity contribution is 7.46. The van der Waals surface area contributed by atoms with E-state index >= 15 is 0 Å². The van der Waals surface area contributed by atoms with Crippen molar-refractivity contribution >= 4 is 19.8 Å². The second-order valence-electron chi connectivity index (χ2n) is 12.7. The number of ether oxygens (including phenoxy) is 2. The van der Waals surface area contributed by atoms with E-state index in [9.17, 15) is 14.2 Å². The van der Waals surface area contributed by atoms with E-state index in [-0.39, 0.29) is 26.1 Å². The number of carbonyl (C=O) groups excluding carboxylic acids is 2. The summed E-state index contributed by atoms with van der Waals surface area (Å²) in [5.74, 6) is -0.989. The molecule has 0 saturated carbocycles. The first kappa shape index (κ1) is 48.5. The van der Waals surface area contributed by atoms with E-state index in [4.69, 9.17) is 24.4 Å². The van der Waals surface area contributed by atoms with E-state index in [1.54, 1.807) is 0 Å². The van der Waals surface area contributed by atoms with Gasteiger partial charge < -0.3 is 24.4 Å². The summed E-state index contributed by atoms with van der Waals surface area (Å²) >= 11 is 0. The summed E-state index contributed by atoms with van der Waals surface area (Å²) in [7, 11) is -4.78. The van der Waals surface area contributed by atoms with Crippen molar-refractivity contribution in [2.24, 2.45) is 0 Å². The highest BCUT2D eigenvalue weighted by Crippen LogP contribution is 2.36. The van der Waals surface area contributed by atoms with Crippen LogP contribution < -0.4 is 0 Å². The number of carbonyl (C=O) groups is 2. The summed E-state index contributed by atoms with van der Waals surface area (Å²) in [6.07, 6.45) is 44.9. The van der Waals surface area contributed by atoms with E-state index < -0.39 is 32.5 Å². The van der Waals surface area contributed by atoms with Gasteiger partial charge >= 0.3 is 19.8 Å². The zero-order chi connectivity index (χ0) is 37.5. The lowest BCUT2D eigenvalue weighted by atomic mass is 10.1. The minimum atomic E-state index is -4.78. The highest BCUT2D eigenvalue weighted by atomic mass is 31.2. The zero-order valence-corrected chi connectivity index (χ0v) is 32.3. The molecule has 0 radical (unpaired) electrons. The van der Waals surface area contributed by atoms with Crippen LogP contribution in [0.4, 0.5) is 0 Å². The Labute approximate surface area is 309 Å². The number of phosphoric ester groups is 1. The van der Waals surface area contributed by atoms with Crippen molar-refractivity contribution < 1.29 is 43.0 Å². The average Bonchev–Trinajstić information content (AvgIpc) is 3.10. The molecule has 0 aliphatic carbocycles. The number of aliphatic hydroxyl groups excluding tert-OH is 1. The molecular weight excluding hydrogens is 667 g/mol. The third-order valence-corrected chi connectivity index (χ3v) is 8.27. The molecule has 9 nitrogen and oxygen atoms in total. The summed E-state index contributed by atoms with van der Waals surface area (Å²) in [6.45, 7) is 1.60. The molecule has 0 amide bonds. The predicted molar refractivity (Wildman–Crippen MR) is 208 cm³/mol. The fourth-order valence-corrected chi connectivity index (χ4v) is 5.22. The maximum absolute atomic E-state index is 12.4. The quantitative estimate of drug-likeness (QED) is 0.0191. The third kappa shape index (κ3) is 40.1. The number of hydrogen-bond donors (Lipinski definition) is 3. The highest BCUT2D eigenvalue weighted by Gasteiger charge is 2.22. The Bertz CT molecular complexity index is 1060. The first-order chi connectivity index (χ1) is 24.8. The van der Waals surface area contributed by atoms with Crippen LogP contribution in [-0.2, 0) is 28.2 Å². The minimum absolute atomic E-state index is 0.174. The maximum Gasteiger partial charge on any atom is 0.469 e. The molecule has 0 bridgehead atoms. The number of hydrogen-bond acceptors (Lipinski definition) is 7. The summed E-state index contributed by atoms with van der Waals surface area (Å²) in [5.41, 5.74) is 0. The molecule has 10 heteroatoms. The van der Waals surface area contributed by atoms with Gasteiger partial charge in [0.15, 0.2) is 6.10 Å². The van der Waals surface area contributed by atoms with E-state index in [1.807, 2.05) is 12.2 Å². The van der Waals surface area contributed by atoms with Crippen LogP contribution in [0.25, 0.3) is 0 Å².